The third-order valence-electron chi connectivity index (χ3n) is 2.39. The Kier molecular flexibility index (Phi) is 4.07. The number of halogens is 1. The zero-order valence-electron chi connectivity index (χ0n) is 9.83. The second-order valence-corrected chi connectivity index (χ2v) is 4.48. The van der Waals surface area contributed by atoms with Gasteiger partial charge < -0.3 is 15.5 Å². The lowest BCUT2D eigenvalue weighted by molar-refractivity contribution is 0.0895. The van der Waals surface area contributed by atoms with Gasteiger partial charge in [-0.2, -0.15) is 0 Å². The van der Waals surface area contributed by atoms with E-state index < -0.39 is 17.3 Å². The van der Waals surface area contributed by atoms with Crippen molar-refractivity contribution < 1.29 is 19.4 Å². The van der Waals surface area contributed by atoms with Crippen molar-refractivity contribution in [3.63, 3.8) is 0 Å². The van der Waals surface area contributed by atoms with Crippen molar-refractivity contribution in [1.82, 2.24) is 5.32 Å². The topological polar surface area (TPSA) is 69.6 Å². The number of carbonyl (C=O) groups is 1. The van der Waals surface area contributed by atoms with Crippen LogP contribution in [-0.4, -0.2) is 28.3 Å². The summed E-state index contributed by atoms with van der Waals surface area (Å²) in [5, 5.41) is 20.5. The quantitative estimate of drug-likeness (QED) is 0.746. The number of aliphatic hydroxyl groups excluding tert-OH is 1. The van der Waals surface area contributed by atoms with Crippen LogP contribution in [0.4, 0.5) is 4.39 Å². The predicted octanol–water partition coefficient (Wildman–Crippen LogP) is 1.42. The molecule has 0 heterocycles. The molecule has 0 aliphatic rings. The summed E-state index contributed by atoms with van der Waals surface area (Å²) in [5.41, 5.74) is -0.746. The van der Waals surface area contributed by atoms with Crippen LogP contribution in [0.5, 0.6) is 5.75 Å². The Balaban J connectivity index is 2.83. The number of phenolic OH excluding ortho intramolecular Hbond substituents is 1. The Labute approximate surface area is 99.1 Å². The molecule has 0 saturated heterocycles. The van der Waals surface area contributed by atoms with Gasteiger partial charge in [0, 0.05) is 18.2 Å². The SMILES string of the molecule is CC(C)(CCO)NC(=O)c1ccc(O)cc1F. The van der Waals surface area contributed by atoms with Gasteiger partial charge in [0.05, 0.1) is 5.56 Å². The highest BCUT2D eigenvalue weighted by Crippen LogP contribution is 2.16. The third-order valence-corrected chi connectivity index (χ3v) is 2.39. The van der Waals surface area contributed by atoms with Crippen molar-refractivity contribution in [1.29, 1.82) is 0 Å². The van der Waals surface area contributed by atoms with Gasteiger partial charge in [0.15, 0.2) is 0 Å². The fraction of sp³-hybridized carbons (Fsp3) is 0.417. The Hall–Kier alpha value is -1.62. The largest absolute Gasteiger partial charge is 0.508 e. The Morgan fingerprint density at radius 2 is 2.12 bits per heavy atom. The first-order valence-electron chi connectivity index (χ1n) is 5.27. The highest BCUT2D eigenvalue weighted by atomic mass is 19.1. The molecule has 0 spiro atoms. The van der Waals surface area contributed by atoms with E-state index in [0.29, 0.717) is 6.42 Å². The number of amides is 1. The lowest BCUT2D eigenvalue weighted by Crippen LogP contribution is -2.44. The van der Waals surface area contributed by atoms with E-state index in [4.69, 9.17) is 10.2 Å². The van der Waals surface area contributed by atoms with Crippen molar-refractivity contribution in [2.24, 2.45) is 0 Å². The molecule has 4 nitrogen and oxygen atoms in total. The highest BCUT2D eigenvalue weighted by Gasteiger charge is 2.22. The van der Waals surface area contributed by atoms with Gasteiger partial charge in [-0.25, -0.2) is 4.39 Å². The average molecular weight is 241 g/mol. The van der Waals surface area contributed by atoms with Crippen LogP contribution in [0.15, 0.2) is 18.2 Å². The molecular weight excluding hydrogens is 225 g/mol. The van der Waals surface area contributed by atoms with E-state index in [9.17, 15) is 9.18 Å². The number of nitrogens with one attached hydrogen (secondary N) is 1. The molecule has 1 amide bonds. The summed E-state index contributed by atoms with van der Waals surface area (Å²) in [7, 11) is 0. The Morgan fingerprint density at radius 3 is 2.65 bits per heavy atom. The van der Waals surface area contributed by atoms with E-state index in [0.717, 1.165) is 6.07 Å². The summed E-state index contributed by atoms with van der Waals surface area (Å²) in [6, 6.07) is 3.35. The summed E-state index contributed by atoms with van der Waals surface area (Å²) >= 11 is 0. The van der Waals surface area contributed by atoms with E-state index in [1.165, 1.54) is 12.1 Å². The molecule has 1 aromatic rings. The van der Waals surface area contributed by atoms with Gasteiger partial charge in [0.2, 0.25) is 0 Å². The normalized spacial score (nSPS) is 11.3. The van der Waals surface area contributed by atoms with Gasteiger partial charge >= 0.3 is 0 Å². The smallest absolute Gasteiger partial charge is 0.254 e. The summed E-state index contributed by atoms with van der Waals surface area (Å²) in [6.07, 6.45) is 0.373. The van der Waals surface area contributed by atoms with Crippen molar-refractivity contribution >= 4 is 5.91 Å². The molecule has 5 heteroatoms. The van der Waals surface area contributed by atoms with Gasteiger partial charge in [-0.05, 0) is 32.4 Å². The lowest BCUT2D eigenvalue weighted by Gasteiger charge is -2.25. The minimum atomic E-state index is -0.776. The summed E-state index contributed by atoms with van der Waals surface area (Å²) in [4.78, 5) is 11.8. The molecule has 17 heavy (non-hydrogen) atoms. The molecule has 0 unspecified atom stereocenters. The molecule has 0 aliphatic carbocycles. The average Bonchev–Trinajstić information content (AvgIpc) is 2.15. The molecule has 94 valence electrons. The predicted molar refractivity (Wildman–Crippen MR) is 61.3 cm³/mol. The van der Waals surface area contributed by atoms with Gasteiger partial charge in [-0.15, -0.1) is 0 Å². The van der Waals surface area contributed by atoms with E-state index in [1.807, 2.05) is 0 Å². The maximum atomic E-state index is 13.4. The van der Waals surface area contributed by atoms with Crippen LogP contribution >= 0.6 is 0 Å². The number of rotatable bonds is 4. The standard InChI is InChI=1S/C12H16FNO3/c1-12(2,5-6-15)14-11(17)9-4-3-8(16)7-10(9)13/h3-4,7,15-16H,5-6H2,1-2H3,(H,14,17). The second kappa shape index (κ2) is 5.14. The van der Waals surface area contributed by atoms with E-state index in [2.05, 4.69) is 5.32 Å². The zero-order chi connectivity index (χ0) is 13.1. The van der Waals surface area contributed by atoms with Crippen LogP contribution in [0, 0.1) is 5.82 Å². The van der Waals surface area contributed by atoms with E-state index >= 15 is 0 Å². The lowest BCUT2D eigenvalue weighted by atomic mass is 10.0. The number of hydrogen-bond acceptors (Lipinski definition) is 3. The molecule has 3 N–H and O–H groups in total. The molecule has 0 saturated carbocycles. The number of hydrogen-bond donors (Lipinski definition) is 3. The van der Waals surface area contributed by atoms with Crippen LogP contribution in [0.1, 0.15) is 30.6 Å². The molecular formula is C12H16FNO3. The molecule has 0 bridgehead atoms. The maximum Gasteiger partial charge on any atom is 0.254 e. The van der Waals surface area contributed by atoms with Crippen LogP contribution in [0.2, 0.25) is 0 Å². The second-order valence-electron chi connectivity index (χ2n) is 4.48. The van der Waals surface area contributed by atoms with Crippen molar-refractivity contribution in [3.05, 3.63) is 29.6 Å². The molecule has 0 aromatic heterocycles. The molecule has 0 aliphatic heterocycles. The van der Waals surface area contributed by atoms with Crippen molar-refractivity contribution in [3.8, 4) is 5.75 Å². The first-order chi connectivity index (χ1) is 7.85. The van der Waals surface area contributed by atoms with Crippen LogP contribution in [0.3, 0.4) is 0 Å². The van der Waals surface area contributed by atoms with Crippen LogP contribution < -0.4 is 5.32 Å². The van der Waals surface area contributed by atoms with Crippen molar-refractivity contribution in [2.75, 3.05) is 6.61 Å². The Bertz CT molecular complexity index is 418. The van der Waals surface area contributed by atoms with Gasteiger partial charge in [-0.3, -0.25) is 4.79 Å². The molecule has 0 radical (unpaired) electrons. The van der Waals surface area contributed by atoms with Crippen molar-refractivity contribution in [2.45, 2.75) is 25.8 Å². The number of carbonyl (C=O) groups excluding carboxylic acids is 1. The Morgan fingerprint density at radius 1 is 1.47 bits per heavy atom. The molecule has 1 aromatic carbocycles. The first-order valence-corrected chi connectivity index (χ1v) is 5.27. The maximum absolute atomic E-state index is 13.4. The van der Waals surface area contributed by atoms with Crippen LogP contribution in [0.25, 0.3) is 0 Å². The summed E-state index contributed by atoms with van der Waals surface area (Å²) in [6.45, 7) is 3.41. The summed E-state index contributed by atoms with van der Waals surface area (Å²) in [5.74, 6) is -1.57. The number of benzene rings is 1. The fourth-order valence-corrected chi connectivity index (χ4v) is 1.40. The third kappa shape index (κ3) is 3.71. The highest BCUT2D eigenvalue weighted by molar-refractivity contribution is 5.95. The van der Waals surface area contributed by atoms with Gasteiger partial charge in [0.25, 0.3) is 5.91 Å². The first kappa shape index (κ1) is 13.4. The zero-order valence-corrected chi connectivity index (χ0v) is 9.83. The molecule has 1 rings (SSSR count). The molecule has 0 fully saturated rings. The fourth-order valence-electron chi connectivity index (χ4n) is 1.40. The number of aliphatic hydroxyl groups is 1. The monoisotopic (exact) mass is 241 g/mol. The number of phenols is 1. The van der Waals surface area contributed by atoms with E-state index in [1.54, 1.807) is 13.8 Å². The summed E-state index contributed by atoms with van der Waals surface area (Å²) < 4.78 is 13.4. The van der Waals surface area contributed by atoms with Gasteiger partial charge in [-0.1, -0.05) is 0 Å². The molecule has 0 atom stereocenters. The minimum absolute atomic E-state index is 0.0641. The van der Waals surface area contributed by atoms with Crippen LogP contribution in [-0.2, 0) is 0 Å². The minimum Gasteiger partial charge on any atom is -0.508 e. The van der Waals surface area contributed by atoms with E-state index in [-0.39, 0.29) is 17.9 Å². The van der Waals surface area contributed by atoms with Gasteiger partial charge in [0.1, 0.15) is 11.6 Å². The number of aromatic hydroxyl groups is 1.